The first-order valence-corrected chi connectivity index (χ1v) is 10.3. The van der Waals surface area contributed by atoms with Crippen LogP contribution in [0, 0.1) is 0 Å². The fourth-order valence-corrected chi connectivity index (χ4v) is 3.24. The summed E-state index contributed by atoms with van der Waals surface area (Å²) < 4.78 is 26.4. The number of phenolic OH excluding ortho intramolecular Hbond substituents is 1. The van der Waals surface area contributed by atoms with E-state index in [0.29, 0.717) is 29.1 Å². The van der Waals surface area contributed by atoms with Crippen LogP contribution in [-0.4, -0.2) is 35.5 Å². The SMILES string of the molecule is CCCCOc1cc(-n2nc3ccc(S(=O)O)cc3n2)c(O)c(C(C)(C)C)c1. The van der Waals surface area contributed by atoms with Crippen LogP contribution in [0.25, 0.3) is 16.7 Å². The Balaban J connectivity index is 2.12. The molecule has 0 aliphatic carbocycles. The molecule has 0 spiro atoms. The zero-order valence-electron chi connectivity index (χ0n) is 16.5. The summed E-state index contributed by atoms with van der Waals surface area (Å²) in [6.45, 7) is 8.72. The van der Waals surface area contributed by atoms with E-state index >= 15 is 0 Å². The van der Waals surface area contributed by atoms with Crippen LogP contribution < -0.4 is 4.74 Å². The summed E-state index contributed by atoms with van der Waals surface area (Å²) in [4.78, 5) is 1.59. The summed E-state index contributed by atoms with van der Waals surface area (Å²) in [7, 11) is 0. The normalized spacial score (nSPS) is 13.0. The van der Waals surface area contributed by atoms with Gasteiger partial charge < -0.3 is 14.4 Å². The Kier molecular flexibility index (Phi) is 5.71. The van der Waals surface area contributed by atoms with Gasteiger partial charge in [-0.15, -0.1) is 15.0 Å². The van der Waals surface area contributed by atoms with Crippen molar-refractivity contribution >= 4 is 22.1 Å². The molecule has 2 aromatic carbocycles. The Morgan fingerprint density at radius 2 is 1.86 bits per heavy atom. The molecule has 8 heteroatoms. The lowest BCUT2D eigenvalue weighted by atomic mass is 9.86. The third-order valence-electron chi connectivity index (χ3n) is 4.41. The molecule has 1 atom stereocenters. The maximum Gasteiger partial charge on any atom is 0.186 e. The van der Waals surface area contributed by atoms with Gasteiger partial charge in [-0.2, -0.15) is 0 Å². The quantitative estimate of drug-likeness (QED) is 0.473. The van der Waals surface area contributed by atoms with Gasteiger partial charge in [-0.25, -0.2) is 4.21 Å². The number of benzene rings is 2. The van der Waals surface area contributed by atoms with Crippen LogP contribution in [0.5, 0.6) is 11.5 Å². The van der Waals surface area contributed by atoms with Crippen LogP contribution in [0.1, 0.15) is 46.1 Å². The molecule has 3 aromatic rings. The van der Waals surface area contributed by atoms with Crippen LogP contribution >= 0.6 is 0 Å². The average molecular weight is 404 g/mol. The highest BCUT2D eigenvalue weighted by molar-refractivity contribution is 7.79. The molecule has 0 saturated carbocycles. The highest BCUT2D eigenvalue weighted by atomic mass is 32.2. The summed E-state index contributed by atoms with van der Waals surface area (Å²) in [5.74, 6) is 0.728. The number of aromatic nitrogens is 3. The Labute approximate surface area is 166 Å². The molecule has 3 rings (SSSR count). The zero-order chi connectivity index (χ0) is 20.5. The number of ether oxygens (including phenoxy) is 1. The van der Waals surface area contributed by atoms with Crippen molar-refractivity contribution in [2.75, 3.05) is 6.61 Å². The highest BCUT2D eigenvalue weighted by Gasteiger charge is 2.24. The maximum absolute atomic E-state index is 11.3. The number of nitrogens with zero attached hydrogens (tertiary/aromatic N) is 3. The van der Waals surface area contributed by atoms with E-state index in [1.807, 2.05) is 26.8 Å². The molecular formula is C20H25N3O4S. The number of fused-ring (bicyclic) bond motifs is 1. The van der Waals surface area contributed by atoms with E-state index in [1.165, 1.54) is 16.9 Å². The molecule has 0 amide bonds. The fraction of sp³-hybridized carbons (Fsp3) is 0.400. The zero-order valence-corrected chi connectivity index (χ0v) is 17.3. The van der Waals surface area contributed by atoms with E-state index in [1.54, 1.807) is 12.1 Å². The van der Waals surface area contributed by atoms with Gasteiger partial charge in [0.2, 0.25) is 0 Å². The molecule has 0 aliphatic rings. The molecule has 1 aromatic heterocycles. The van der Waals surface area contributed by atoms with Gasteiger partial charge >= 0.3 is 0 Å². The van der Waals surface area contributed by atoms with Crippen LogP contribution in [0.3, 0.4) is 0 Å². The van der Waals surface area contributed by atoms with Gasteiger partial charge in [-0.1, -0.05) is 34.1 Å². The molecule has 150 valence electrons. The van der Waals surface area contributed by atoms with Crippen molar-refractivity contribution in [2.45, 2.75) is 50.8 Å². The number of hydrogen-bond donors (Lipinski definition) is 2. The number of rotatable bonds is 6. The Morgan fingerprint density at radius 3 is 2.50 bits per heavy atom. The Hall–Kier alpha value is -2.45. The first-order chi connectivity index (χ1) is 13.2. The van der Waals surface area contributed by atoms with E-state index in [0.717, 1.165) is 18.4 Å². The van der Waals surface area contributed by atoms with Crippen molar-refractivity contribution in [1.82, 2.24) is 15.0 Å². The van der Waals surface area contributed by atoms with Crippen molar-refractivity contribution < 1.29 is 18.6 Å². The van der Waals surface area contributed by atoms with Crippen molar-refractivity contribution in [2.24, 2.45) is 0 Å². The summed E-state index contributed by atoms with van der Waals surface area (Å²) in [6, 6.07) is 8.24. The van der Waals surface area contributed by atoms with E-state index in [9.17, 15) is 13.9 Å². The minimum atomic E-state index is -2.09. The topological polar surface area (TPSA) is 97.5 Å². The second-order valence-corrected chi connectivity index (χ2v) is 8.65. The predicted octanol–water partition coefficient (Wildman–Crippen LogP) is 4.18. The first-order valence-electron chi connectivity index (χ1n) is 9.19. The summed E-state index contributed by atoms with van der Waals surface area (Å²) in [5, 5.41) is 19.7. The lowest BCUT2D eigenvalue weighted by Gasteiger charge is -2.23. The van der Waals surface area contributed by atoms with E-state index in [-0.39, 0.29) is 16.1 Å². The van der Waals surface area contributed by atoms with Gasteiger partial charge in [0.25, 0.3) is 0 Å². The molecule has 0 aliphatic heterocycles. The Morgan fingerprint density at radius 1 is 1.14 bits per heavy atom. The molecule has 28 heavy (non-hydrogen) atoms. The third-order valence-corrected chi connectivity index (χ3v) is 5.06. The minimum Gasteiger partial charge on any atom is -0.505 e. The number of hydrogen-bond acceptors (Lipinski definition) is 5. The molecule has 0 fully saturated rings. The lowest BCUT2D eigenvalue weighted by Crippen LogP contribution is -2.14. The minimum absolute atomic E-state index is 0.0848. The summed E-state index contributed by atoms with van der Waals surface area (Å²) in [5.41, 5.74) is 1.85. The van der Waals surface area contributed by atoms with Crippen molar-refractivity contribution in [3.8, 4) is 17.2 Å². The smallest absolute Gasteiger partial charge is 0.186 e. The van der Waals surface area contributed by atoms with Gasteiger partial charge in [-0.05, 0) is 36.1 Å². The van der Waals surface area contributed by atoms with Crippen LogP contribution in [0.2, 0.25) is 0 Å². The second kappa shape index (κ2) is 7.89. The molecule has 0 saturated heterocycles. The molecule has 1 unspecified atom stereocenters. The van der Waals surface area contributed by atoms with Gasteiger partial charge in [0.15, 0.2) is 11.1 Å². The van der Waals surface area contributed by atoms with Crippen molar-refractivity contribution in [3.63, 3.8) is 0 Å². The van der Waals surface area contributed by atoms with Crippen LogP contribution in [-0.2, 0) is 16.5 Å². The van der Waals surface area contributed by atoms with Crippen LogP contribution in [0.15, 0.2) is 35.2 Å². The van der Waals surface area contributed by atoms with Crippen molar-refractivity contribution in [1.29, 1.82) is 0 Å². The largest absolute Gasteiger partial charge is 0.505 e. The number of unbranched alkanes of at least 4 members (excludes halogenated alkanes) is 1. The standard InChI is InChI=1S/C20H25N3O4S/c1-5-6-9-27-13-10-15(20(2,3)4)19(24)18(11-13)23-21-16-8-7-14(28(25)26)12-17(16)22-23/h7-8,10-12,24H,5-6,9H2,1-4H3,(H,25,26). The van der Waals surface area contributed by atoms with Crippen molar-refractivity contribution in [3.05, 3.63) is 35.9 Å². The number of aromatic hydroxyl groups is 1. The van der Waals surface area contributed by atoms with Crippen LogP contribution in [0.4, 0.5) is 0 Å². The highest BCUT2D eigenvalue weighted by Crippen LogP contribution is 2.38. The van der Waals surface area contributed by atoms with Gasteiger partial charge in [0, 0.05) is 11.6 Å². The summed E-state index contributed by atoms with van der Waals surface area (Å²) >= 11 is -2.09. The Bertz CT molecular complexity index is 1020. The van der Waals surface area contributed by atoms with Gasteiger partial charge in [0.1, 0.15) is 28.2 Å². The predicted molar refractivity (Wildman–Crippen MR) is 109 cm³/mol. The first kappa shape index (κ1) is 20.3. The van der Waals surface area contributed by atoms with E-state index in [2.05, 4.69) is 17.1 Å². The summed E-state index contributed by atoms with van der Waals surface area (Å²) in [6.07, 6.45) is 1.96. The average Bonchev–Trinajstić information content (AvgIpc) is 3.05. The second-order valence-electron chi connectivity index (χ2n) is 7.68. The molecule has 0 radical (unpaired) electrons. The molecular weight excluding hydrogens is 378 g/mol. The molecule has 0 bridgehead atoms. The molecule has 2 N–H and O–H groups in total. The molecule has 7 nitrogen and oxygen atoms in total. The van der Waals surface area contributed by atoms with Gasteiger partial charge in [-0.3, -0.25) is 0 Å². The monoisotopic (exact) mass is 403 g/mol. The maximum atomic E-state index is 11.3. The fourth-order valence-electron chi connectivity index (χ4n) is 2.85. The van der Waals surface area contributed by atoms with Gasteiger partial charge in [0.05, 0.1) is 11.5 Å². The molecule has 1 heterocycles. The van der Waals surface area contributed by atoms with E-state index in [4.69, 9.17) is 4.74 Å². The third kappa shape index (κ3) is 4.18. The lowest BCUT2D eigenvalue weighted by molar-refractivity contribution is 0.307. The number of phenols is 1. The van der Waals surface area contributed by atoms with E-state index < -0.39 is 11.1 Å².